The summed E-state index contributed by atoms with van der Waals surface area (Å²) in [7, 11) is 0. The smallest absolute Gasteiger partial charge is 0.166 e. The van der Waals surface area contributed by atoms with E-state index in [0.717, 1.165) is 24.0 Å². The van der Waals surface area contributed by atoms with Gasteiger partial charge in [0.05, 0.1) is 5.56 Å². The molecule has 0 N–H and O–H groups in total. The van der Waals surface area contributed by atoms with Crippen LogP contribution in [0.15, 0.2) is 12.1 Å². The molecule has 1 aromatic rings. The molecule has 0 atom stereocenters. The van der Waals surface area contributed by atoms with E-state index in [4.69, 9.17) is 0 Å². The number of carbonyl (C=O) groups is 1. The Hall–Kier alpha value is -1.18. The van der Waals surface area contributed by atoms with E-state index in [0.29, 0.717) is 12.0 Å². The third-order valence-electron chi connectivity index (χ3n) is 2.45. The van der Waals surface area contributed by atoms with E-state index in [1.807, 2.05) is 13.0 Å². The van der Waals surface area contributed by atoms with Gasteiger partial charge in [-0.1, -0.05) is 6.07 Å². The number of aryl methyl sites for hydroxylation is 2. The van der Waals surface area contributed by atoms with E-state index in [9.17, 15) is 9.18 Å². The van der Waals surface area contributed by atoms with Crippen LogP contribution in [0, 0.1) is 12.7 Å². The van der Waals surface area contributed by atoms with Gasteiger partial charge in [-0.05, 0) is 37.0 Å². The molecule has 1 aliphatic rings. The van der Waals surface area contributed by atoms with Crippen molar-refractivity contribution in [2.24, 2.45) is 0 Å². The second kappa shape index (κ2) is 2.95. The van der Waals surface area contributed by atoms with Crippen molar-refractivity contribution in [3.63, 3.8) is 0 Å². The summed E-state index contributed by atoms with van der Waals surface area (Å²) in [6.45, 7) is 1.85. The van der Waals surface area contributed by atoms with Gasteiger partial charge in [0.25, 0.3) is 0 Å². The Kier molecular flexibility index (Phi) is 1.91. The van der Waals surface area contributed by atoms with E-state index in [1.54, 1.807) is 0 Å². The molecule has 1 nitrogen and oxygen atoms in total. The minimum Gasteiger partial charge on any atom is -0.294 e. The zero-order valence-electron chi connectivity index (χ0n) is 7.56. The maximum Gasteiger partial charge on any atom is 0.166 e. The zero-order valence-corrected chi connectivity index (χ0v) is 7.56. The standard InChI is InChI=1S/C11H11FO/c1-7-5-8-3-2-4-10(13)11(8)9(12)6-7/h5-6H,2-4H2,1H3. The Morgan fingerprint density at radius 2 is 2.08 bits per heavy atom. The molecule has 0 amide bonds. The number of halogens is 1. The average Bonchev–Trinajstić information content (AvgIpc) is 2.02. The molecule has 2 heteroatoms. The third kappa shape index (κ3) is 1.37. The van der Waals surface area contributed by atoms with Crippen LogP contribution in [0.3, 0.4) is 0 Å². The van der Waals surface area contributed by atoms with Crippen molar-refractivity contribution in [2.75, 3.05) is 0 Å². The lowest BCUT2D eigenvalue weighted by Crippen LogP contribution is -2.13. The van der Waals surface area contributed by atoms with Gasteiger partial charge in [-0.25, -0.2) is 4.39 Å². The molecule has 0 saturated carbocycles. The van der Waals surface area contributed by atoms with Crippen LogP contribution in [-0.4, -0.2) is 5.78 Å². The summed E-state index contributed by atoms with van der Waals surface area (Å²) in [5.74, 6) is -0.390. The van der Waals surface area contributed by atoms with Crippen molar-refractivity contribution in [3.05, 3.63) is 34.6 Å². The van der Waals surface area contributed by atoms with Crippen molar-refractivity contribution in [1.29, 1.82) is 0 Å². The van der Waals surface area contributed by atoms with Crippen LogP contribution in [0.5, 0.6) is 0 Å². The first-order chi connectivity index (χ1) is 6.18. The fraction of sp³-hybridized carbons (Fsp3) is 0.364. The predicted octanol–water partition coefficient (Wildman–Crippen LogP) is 2.65. The maximum absolute atomic E-state index is 13.4. The number of fused-ring (bicyclic) bond motifs is 1. The van der Waals surface area contributed by atoms with Gasteiger partial charge in [-0.15, -0.1) is 0 Å². The van der Waals surface area contributed by atoms with Crippen LogP contribution in [0.25, 0.3) is 0 Å². The molecule has 1 aliphatic carbocycles. The molecule has 0 bridgehead atoms. The summed E-state index contributed by atoms with van der Waals surface area (Å²) in [6, 6.07) is 3.34. The fourth-order valence-corrected chi connectivity index (χ4v) is 1.89. The van der Waals surface area contributed by atoms with Gasteiger partial charge >= 0.3 is 0 Å². The van der Waals surface area contributed by atoms with E-state index >= 15 is 0 Å². The minimum absolute atomic E-state index is 0.0428. The summed E-state index contributed by atoms with van der Waals surface area (Å²) in [6.07, 6.45) is 2.18. The Balaban J connectivity index is 2.63. The lowest BCUT2D eigenvalue weighted by molar-refractivity contribution is 0.0968. The van der Waals surface area contributed by atoms with Gasteiger partial charge in [-0.3, -0.25) is 4.79 Å². The largest absolute Gasteiger partial charge is 0.294 e. The van der Waals surface area contributed by atoms with Crippen LogP contribution < -0.4 is 0 Å². The highest BCUT2D eigenvalue weighted by Crippen LogP contribution is 2.24. The number of ketones is 1. The second-order valence-corrected chi connectivity index (χ2v) is 3.56. The van der Waals surface area contributed by atoms with Gasteiger partial charge in [0, 0.05) is 6.42 Å². The molecule has 2 rings (SSSR count). The van der Waals surface area contributed by atoms with Crippen LogP contribution >= 0.6 is 0 Å². The van der Waals surface area contributed by atoms with E-state index in [2.05, 4.69) is 0 Å². The van der Waals surface area contributed by atoms with Crippen LogP contribution in [0.1, 0.15) is 34.3 Å². The molecular formula is C11H11FO. The summed E-state index contributed by atoms with van der Waals surface area (Å²) < 4.78 is 13.4. The molecule has 0 fully saturated rings. The molecule has 0 aliphatic heterocycles. The minimum atomic E-state index is -0.347. The number of hydrogen-bond acceptors (Lipinski definition) is 1. The average molecular weight is 178 g/mol. The number of Topliss-reactive ketones (excluding diaryl/α,β-unsaturated/α-hetero) is 1. The Labute approximate surface area is 76.6 Å². The van der Waals surface area contributed by atoms with Gasteiger partial charge in [0.15, 0.2) is 5.78 Å². The molecule has 0 aromatic heterocycles. The highest BCUT2D eigenvalue weighted by Gasteiger charge is 2.20. The highest BCUT2D eigenvalue weighted by molar-refractivity contribution is 5.98. The normalized spacial score (nSPS) is 15.7. The van der Waals surface area contributed by atoms with Crippen LogP contribution in [-0.2, 0) is 6.42 Å². The number of hydrogen-bond donors (Lipinski definition) is 0. The fourth-order valence-electron chi connectivity index (χ4n) is 1.89. The Morgan fingerprint density at radius 1 is 1.31 bits per heavy atom. The van der Waals surface area contributed by atoms with Crippen molar-refractivity contribution in [1.82, 2.24) is 0 Å². The van der Waals surface area contributed by atoms with Gasteiger partial charge < -0.3 is 0 Å². The number of rotatable bonds is 0. The van der Waals surface area contributed by atoms with Crippen molar-refractivity contribution in [3.8, 4) is 0 Å². The van der Waals surface area contributed by atoms with Gasteiger partial charge in [0.1, 0.15) is 5.82 Å². The molecule has 0 unspecified atom stereocenters. The maximum atomic E-state index is 13.4. The van der Waals surface area contributed by atoms with Crippen LogP contribution in [0.2, 0.25) is 0 Å². The predicted molar refractivity (Wildman–Crippen MR) is 48.4 cm³/mol. The first-order valence-electron chi connectivity index (χ1n) is 4.50. The van der Waals surface area contributed by atoms with Crippen molar-refractivity contribution in [2.45, 2.75) is 26.2 Å². The number of carbonyl (C=O) groups excluding carboxylic acids is 1. The zero-order chi connectivity index (χ0) is 9.42. The van der Waals surface area contributed by atoms with E-state index < -0.39 is 0 Å². The molecule has 13 heavy (non-hydrogen) atoms. The number of benzene rings is 1. The molecule has 68 valence electrons. The summed E-state index contributed by atoms with van der Waals surface area (Å²) in [5.41, 5.74) is 2.11. The quantitative estimate of drug-likeness (QED) is 0.597. The van der Waals surface area contributed by atoms with E-state index in [-0.39, 0.29) is 11.6 Å². The monoisotopic (exact) mass is 178 g/mol. The molecule has 0 radical (unpaired) electrons. The van der Waals surface area contributed by atoms with Gasteiger partial charge in [0.2, 0.25) is 0 Å². The Bertz CT molecular complexity index is 369. The molecule has 0 heterocycles. The lowest BCUT2D eigenvalue weighted by Gasteiger charge is -2.15. The Morgan fingerprint density at radius 3 is 2.85 bits per heavy atom. The van der Waals surface area contributed by atoms with Crippen LogP contribution in [0.4, 0.5) is 4.39 Å². The molecule has 0 saturated heterocycles. The summed E-state index contributed by atoms with van der Waals surface area (Å²) >= 11 is 0. The third-order valence-corrected chi connectivity index (χ3v) is 2.45. The van der Waals surface area contributed by atoms with Crippen molar-refractivity contribution >= 4 is 5.78 Å². The summed E-state index contributed by atoms with van der Waals surface area (Å²) in [4.78, 5) is 11.4. The topological polar surface area (TPSA) is 17.1 Å². The first kappa shape index (κ1) is 8.42. The molecule has 0 spiro atoms. The molecule has 1 aromatic carbocycles. The van der Waals surface area contributed by atoms with Crippen molar-refractivity contribution < 1.29 is 9.18 Å². The molecular weight excluding hydrogens is 167 g/mol. The summed E-state index contributed by atoms with van der Waals surface area (Å²) in [5, 5.41) is 0. The van der Waals surface area contributed by atoms with Gasteiger partial charge in [-0.2, -0.15) is 0 Å². The first-order valence-corrected chi connectivity index (χ1v) is 4.50. The highest BCUT2D eigenvalue weighted by atomic mass is 19.1. The lowest BCUT2D eigenvalue weighted by atomic mass is 9.89. The second-order valence-electron chi connectivity index (χ2n) is 3.56. The van der Waals surface area contributed by atoms with E-state index in [1.165, 1.54) is 6.07 Å². The SMILES string of the molecule is Cc1cc(F)c2c(c1)CCCC2=O.